The second-order valence-corrected chi connectivity index (χ2v) is 4.44. The first-order chi connectivity index (χ1) is 6.84. The van der Waals surface area contributed by atoms with Gasteiger partial charge in [0.05, 0.1) is 6.42 Å². The molecule has 1 aliphatic carbocycles. The molecule has 2 aliphatic heterocycles. The van der Waals surface area contributed by atoms with Crippen LogP contribution in [0.2, 0.25) is 0 Å². The molecule has 0 aromatic carbocycles. The zero-order chi connectivity index (χ0) is 9.54. The summed E-state index contributed by atoms with van der Waals surface area (Å²) in [5, 5.41) is 0. The Morgan fingerprint density at radius 2 is 2.07 bits per heavy atom. The zero-order valence-corrected chi connectivity index (χ0v) is 8.19. The Bertz CT molecular complexity index is 281. The Balaban J connectivity index is 1.75. The van der Waals surface area contributed by atoms with Crippen LogP contribution in [0.25, 0.3) is 0 Å². The van der Waals surface area contributed by atoms with Crippen molar-refractivity contribution in [2.75, 3.05) is 13.1 Å². The van der Waals surface area contributed by atoms with Crippen molar-refractivity contribution >= 4 is 5.97 Å². The molecule has 3 rings (SSSR count). The molecule has 0 bridgehead atoms. The summed E-state index contributed by atoms with van der Waals surface area (Å²) in [6, 6.07) is 0.467. The maximum absolute atomic E-state index is 11.1. The lowest BCUT2D eigenvalue weighted by Crippen LogP contribution is -2.36. The molecule has 3 unspecified atom stereocenters. The van der Waals surface area contributed by atoms with E-state index in [1.54, 1.807) is 0 Å². The third kappa shape index (κ3) is 1.19. The van der Waals surface area contributed by atoms with Crippen LogP contribution in [-0.2, 0) is 9.53 Å². The lowest BCUT2D eigenvalue weighted by atomic mass is 9.98. The quantitative estimate of drug-likeness (QED) is 0.459. The average Bonchev–Trinajstić information content (AvgIpc) is 2.77. The minimum Gasteiger partial charge on any atom is -0.458 e. The number of carbonyl (C=O) groups excluding carboxylic acids is 1. The molecule has 3 heteroatoms. The molecule has 2 saturated heterocycles. The predicted octanol–water partition coefficient (Wildman–Crippen LogP) is 0.952. The minimum absolute atomic E-state index is 0.0199. The number of nitrogens with zero attached hydrogens (tertiary/aromatic N) is 1. The summed E-state index contributed by atoms with van der Waals surface area (Å²) in [4.78, 5) is 13.6. The summed E-state index contributed by atoms with van der Waals surface area (Å²) < 4.78 is 5.22. The van der Waals surface area contributed by atoms with E-state index in [9.17, 15) is 4.79 Å². The van der Waals surface area contributed by atoms with E-state index in [4.69, 9.17) is 4.74 Å². The fraction of sp³-hybridized carbons (Fsp3) is 0.727. The molecule has 14 heavy (non-hydrogen) atoms. The summed E-state index contributed by atoms with van der Waals surface area (Å²) in [7, 11) is 0. The minimum atomic E-state index is -0.0199. The van der Waals surface area contributed by atoms with E-state index in [0.29, 0.717) is 18.4 Å². The third-order valence-corrected chi connectivity index (χ3v) is 3.59. The summed E-state index contributed by atoms with van der Waals surface area (Å²) in [5.74, 6) is 0.383. The number of fused-ring (bicyclic) bond motifs is 1. The van der Waals surface area contributed by atoms with Crippen LogP contribution in [0.4, 0.5) is 0 Å². The Morgan fingerprint density at radius 1 is 1.29 bits per heavy atom. The molecule has 2 heterocycles. The molecule has 2 fully saturated rings. The van der Waals surface area contributed by atoms with Crippen LogP contribution in [0.3, 0.4) is 0 Å². The van der Waals surface area contributed by atoms with Crippen LogP contribution in [0.5, 0.6) is 0 Å². The van der Waals surface area contributed by atoms with E-state index in [0.717, 1.165) is 0 Å². The van der Waals surface area contributed by atoms with Crippen LogP contribution in [0, 0.1) is 5.92 Å². The van der Waals surface area contributed by atoms with Crippen molar-refractivity contribution < 1.29 is 9.53 Å². The Kier molecular flexibility index (Phi) is 1.87. The van der Waals surface area contributed by atoms with Crippen LogP contribution < -0.4 is 0 Å². The van der Waals surface area contributed by atoms with E-state index in [-0.39, 0.29) is 12.1 Å². The fourth-order valence-corrected chi connectivity index (χ4v) is 2.89. The Morgan fingerprint density at radius 3 is 2.86 bits per heavy atom. The predicted molar refractivity (Wildman–Crippen MR) is 51.7 cm³/mol. The number of ether oxygens (including phenoxy) is 1. The summed E-state index contributed by atoms with van der Waals surface area (Å²) in [6.07, 6.45) is 7.59. The van der Waals surface area contributed by atoms with Gasteiger partial charge in [-0.2, -0.15) is 0 Å². The molecule has 3 nitrogen and oxygen atoms in total. The molecule has 76 valence electrons. The van der Waals surface area contributed by atoms with Crippen molar-refractivity contribution in [2.24, 2.45) is 5.92 Å². The standard InChI is InChI=1S/C11H15NO2/c13-11-7-8-9(3-4-10(8)14-11)12-5-1-2-6-12/h3-4,8-10H,1-2,5-7H2. The average molecular weight is 193 g/mol. The van der Waals surface area contributed by atoms with Gasteiger partial charge in [-0.05, 0) is 32.0 Å². The number of rotatable bonds is 1. The molecule has 0 aromatic heterocycles. The van der Waals surface area contributed by atoms with Gasteiger partial charge in [-0.1, -0.05) is 6.08 Å². The molecular formula is C11H15NO2. The highest BCUT2D eigenvalue weighted by molar-refractivity contribution is 5.73. The molecule has 3 atom stereocenters. The first-order valence-corrected chi connectivity index (χ1v) is 5.46. The normalized spacial score (nSPS) is 41.7. The molecule has 0 radical (unpaired) electrons. The van der Waals surface area contributed by atoms with Gasteiger partial charge in [-0.25, -0.2) is 0 Å². The first-order valence-electron chi connectivity index (χ1n) is 5.46. The van der Waals surface area contributed by atoms with E-state index in [1.807, 2.05) is 0 Å². The van der Waals surface area contributed by atoms with E-state index >= 15 is 0 Å². The van der Waals surface area contributed by atoms with E-state index in [1.165, 1.54) is 25.9 Å². The van der Waals surface area contributed by atoms with Gasteiger partial charge in [0.15, 0.2) is 0 Å². The highest BCUT2D eigenvalue weighted by Gasteiger charge is 2.43. The highest BCUT2D eigenvalue weighted by Crippen LogP contribution is 2.35. The van der Waals surface area contributed by atoms with Gasteiger partial charge in [-0.3, -0.25) is 9.69 Å². The largest absolute Gasteiger partial charge is 0.458 e. The Hall–Kier alpha value is -0.830. The van der Waals surface area contributed by atoms with Crippen molar-refractivity contribution in [2.45, 2.75) is 31.4 Å². The topological polar surface area (TPSA) is 29.5 Å². The molecule has 0 saturated carbocycles. The van der Waals surface area contributed by atoms with Crippen molar-refractivity contribution in [3.63, 3.8) is 0 Å². The maximum Gasteiger partial charge on any atom is 0.306 e. The fourth-order valence-electron chi connectivity index (χ4n) is 2.89. The SMILES string of the molecule is O=C1CC2C(C=CC2N2CCCC2)O1. The van der Waals surface area contributed by atoms with Gasteiger partial charge in [0.2, 0.25) is 0 Å². The van der Waals surface area contributed by atoms with Crippen molar-refractivity contribution in [3.8, 4) is 0 Å². The van der Waals surface area contributed by atoms with Gasteiger partial charge in [0.25, 0.3) is 0 Å². The molecule has 3 aliphatic rings. The van der Waals surface area contributed by atoms with Crippen molar-refractivity contribution in [1.29, 1.82) is 0 Å². The summed E-state index contributed by atoms with van der Waals surface area (Å²) in [6.45, 7) is 2.37. The number of carbonyl (C=O) groups is 1. The molecule has 0 aromatic rings. The smallest absolute Gasteiger partial charge is 0.306 e. The lowest BCUT2D eigenvalue weighted by molar-refractivity contribution is -0.140. The van der Waals surface area contributed by atoms with E-state index in [2.05, 4.69) is 17.1 Å². The molecule has 0 N–H and O–H groups in total. The first kappa shape index (κ1) is 8.48. The number of likely N-dealkylation sites (tertiary alicyclic amines) is 1. The monoisotopic (exact) mass is 193 g/mol. The maximum atomic E-state index is 11.1. The molecule has 0 spiro atoms. The third-order valence-electron chi connectivity index (χ3n) is 3.59. The zero-order valence-electron chi connectivity index (χ0n) is 8.19. The second-order valence-electron chi connectivity index (χ2n) is 4.44. The van der Waals surface area contributed by atoms with Gasteiger partial charge < -0.3 is 4.74 Å². The lowest BCUT2D eigenvalue weighted by Gasteiger charge is -2.26. The van der Waals surface area contributed by atoms with Crippen LogP contribution in [-0.4, -0.2) is 36.1 Å². The van der Waals surface area contributed by atoms with Gasteiger partial charge in [0.1, 0.15) is 6.10 Å². The van der Waals surface area contributed by atoms with Crippen LogP contribution in [0.1, 0.15) is 19.3 Å². The van der Waals surface area contributed by atoms with Crippen molar-refractivity contribution in [1.82, 2.24) is 4.90 Å². The van der Waals surface area contributed by atoms with Gasteiger partial charge in [0, 0.05) is 12.0 Å². The highest BCUT2D eigenvalue weighted by atomic mass is 16.5. The molecule has 0 amide bonds. The van der Waals surface area contributed by atoms with Crippen LogP contribution in [0.15, 0.2) is 12.2 Å². The van der Waals surface area contributed by atoms with Gasteiger partial charge >= 0.3 is 5.97 Å². The van der Waals surface area contributed by atoms with E-state index < -0.39 is 0 Å². The second kappa shape index (κ2) is 3.09. The molecular weight excluding hydrogens is 178 g/mol. The number of hydrogen-bond donors (Lipinski definition) is 0. The summed E-state index contributed by atoms with van der Waals surface area (Å²) >= 11 is 0. The number of esters is 1. The van der Waals surface area contributed by atoms with Gasteiger partial charge in [-0.15, -0.1) is 0 Å². The number of hydrogen-bond acceptors (Lipinski definition) is 3. The Labute approximate surface area is 83.7 Å². The summed E-state index contributed by atoms with van der Waals surface area (Å²) in [5.41, 5.74) is 0. The van der Waals surface area contributed by atoms with Crippen molar-refractivity contribution in [3.05, 3.63) is 12.2 Å². The van der Waals surface area contributed by atoms with Crippen LogP contribution >= 0.6 is 0 Å².